The Morgan fingerprint density at radius 3 is 2.67 bits per heavy atom. The maximum Gasteiger partial charge on any atom is 0.231 e. The second-order valence-electron chi connectivity index (χ2n) is 6.52. The summed E-state index contributed by atoms with van der Waals surface area (Å²) < 4.78 is 15.0. The van der Waals surface area contributed by atoms with Gasteiger partial charge in [0.1, 0.15) is 11.4 Å². The largest absolute Gasteiger partial charge is 0.337 e. The van der Waals surface area contributed by atoms with Crippen molar-refractivity contribution in [3.8, 4) is 17.5 Å². The maximum absolute atomic E-state index is 13.2. The topological polar surface area (TPSA) is 83.6 Å². The molecule has 0 aliphatic carbocycles. The predicted octanol–water partition coefficient (Wildman–Crippen LogP) is 3.42. The molecule has 6 nitrogen and oxygen atoms in total. The summed E-state index contributed by atoms with van der Waals surface area (Å²) in [6.45, 7) is 9.65. The number of allylic oxidation sites excluding steroid dienone is 1. The van der Waals surface area contributed by atoms with Crippen LogP contribution in [0.5, 0.6) is 0 Å². The van der Waals surface area contributed by atoms with Crippen LogP contribution in [0.3, 0.4) is 0 Å². The monoisotopic (exact) mass is 387 g/mol. The van der Waals surface area contributed by atoms with Gasteiger partial charge < -0.3 is 5.32 Å². The molecule has 0 radical (unpaired) electrons. The SMILES string of the molecule is C=CCn1c(SCC(=O)N[C@](C)(C#N)C(C)C)nnc1-c1ccc(F)cc1. The summed E-state index contributed by atoms with van der Waals surface area (Å²) in [4.78, 5) is 12.3. The molecular formula is C19H22FN5OS. The van der Waals surface area contributed by atoms with Crippen LogP contribution in [0.1, 0.15) is 20.8 Å². The van der Waals surface area contributed by atoms with Gasteiger partial charge in [-0.05, 0) is 37.1 Å². The number of nitriles is 1. The number of hydrogen-bond donors (Lipinski definition) is 1. The minimum atomic E-state index is -0.925. The first kappa shape index (κ1) is 20.6. The number of nitrogens with zero attached hydrogens (tertiary/aromatic N) is 4. The number of benzene rings is 1. The summed E-state index contributed by atoms with van der Waals surface area (Å²) in [5, 5.41) is 21.0. The molecule has 8 heteroatoms. The fraction of sp³-hybridized carbons (Fsp3) is 0.368. The van der Waals surface area contributed by atoms with Crippen molar-refractivity contribution in [3.63, 3.8) is 0 Å². The molecule has 2 aromatic rings. The Labute approximate surface area is 162 Å². The molecule has 0 aliphatic heterocycles. The van der Waals surface area contributed by atoms with Gasteiger partial charge in [-0.3, -0.25) is 9.36 Å². The van der Waals surface area contributed by atoms with E-state index in [-0.39, 0.29) is 23.4 Å². The van der Waals surface area contributed by atoms with Gasteiger partial charge >= 0.3 is 0 Å². The molecule has 0 spiro atoms. The smallest absolute Gasteiger partial charge is 0.231 e. The van der Waals surface area contributed by atoms with Gasteiger partial charge in [-0.2, -0.15) is 5.26 Å². The Bertz CT molecular complexity index is 856. The third kappa shape index (κ3) is 4.95. The fourth-order valence-electron chi connectivity index (χ4n) is 2.26. The van der Waals surface area contributed by atoms with Crippen molar-refractivity contribution in [2.75, 3.05) is 5.75 Å². The zero-order chi connectivity index (χ0) is 20.0. The van der Waals surface area contributed by atoms with Crippen LogP contribution in [0.25, 0.3) is 11.4 Å². The van der Waals surface area contributed by atoms with Crippen LogP contribution in [0, 0.1) is 23.1 Å². The van der Waals surface area contributed by atoms with Crippen molar-refractivity contribution < 1.29 is 9.18 Å². The third-order valence-electron chi connectivity index (χ3n) is 4.25. The molecule has 0 unspecified atom stereocenters. The van der Waals surface area contributed by atoms with Crippen LogP contribution >= 0.6 is 11.8 Å². The van der Waals surface area contributed by atoms with E-state index >= 15 is 0 Å². The van der Waals surface area contributed by atoms with Gasteiger partial charge in [0.15, 0.2) is 11.0 Å². The Morgan fingerprint density at radius 1 is 1.44 bits per heavy atom. The Morgan fingerprint density at radius 2 is 2.11 bits per heavy atom. The number of thioether (sulfide) groups is 1. The van der Waals surface area contributed by atoms with Gasteiger partial charge in [0, 0.05) is 12.1 Å². The quantitative estimate of drug-likeness (QED) is 0.554. The van der Waals surface area contributed by atoms with Crippen LogP contribution in [0.4, 0.5) is 4.39 Å². The number of carbonyl (C=O) groups excluding carboxylic acids is 1. The van der Waals surface area contributed by atoms with E-state index in [1.54, 1.807) is 25.1 Å². The molecule has 1 heterocycles. The van der Waals surface area contributed by atoms with Crippen molar-refractivity contribution in [3.05, 3.63) is 42.7 Å². The predicted molar refractivity (Wildman–Crippen MR) is 103 cm³/mol. The summed E-state index contributed by atoms with van der Waals surface area (Å²) in [6, 6.07) is 8.12. The molecule has 1 N–H and O–H groups in total. The highest BCUT2D eigenvalue weighted by Crippen LogP contribution is 2.24. The molecule has 1 atom stereocenters. The first-order valence-corrected chi connectivity index (χ1v) is 9.44. The molecule has 1 amide bonds. The third-order valence-corrected chi connectivity index (χ3v) is 5.22. The summed E-state index contributed by atoms with van der Waals surface area (Å²) in [5.41, 5.74) is -0.204. The van der Waals surface area contributed by atoms with E-state index in [2.05, 4.69) is 28.2 Å². The van der Waals surface area contributed by atoms with Crippen molar-refractivity contribution in [2.45, 2.75) is 38.0 Å². The summed E-state index contributed by atoms with van der Waals surface area (Å²) in [6.07, 6.45) is 1.70. The number of aromatic nitrogens is 3. The minimum Gasteiger partial charge on any atom is -0.337 e. The lowest BCUT2D eigenvalue weighted by Gasteiger charge is -2.27. The van der Waals surface area contributed by atoms with Crippen molar-refractivity contribution >= 4 is 17.7 Å². The molecule has 1 aromatic carbocycles. The molecule has 1 aromatic heterocycles. The van der Waals surface area contributed by atoms with E-state index in [4.69, 9.17) is 0 Å². The first-order valence-electron chi connectivity index (χ1n) is 8.45. The second-order valence-corrected chi connectivity index (χ2v) is 7.46. The normalized spacial score (nSPS) is 13.0. The lowest BCUT2D eigenvalue weighted by atomic mass is 9.90. The summed E-state index contributed by atoms with van der Waals surface area (Å²) in [5.74, 6) is 0.0652. The van der Waals surface area contributed by atoms with Crippen LogP contribution in [-0.2, 0) is 11.3 Å². The van der Waals surface area contributed by atoms with E-state index in [0.717, 1.165) is 5.56 Å². The molecule has 2 rings (SSSR count). The van der Waals surface area contributed by atoms with Crippen molar-refractivity contribution in [1.82, 2.24) is 20.1 Å². The van der Waals surface area contributed by atoms with E-state index in [9.17, 15) is 14.4 Å². The highest BCUT2D eigenvalue weighted by Gasteiger charge is 2.30. The Balaban J connectivity index is 2.15. The van der Waals surface area contributed by atoms with Crippen LogP contribution in [-0.4, -0.2) is 32.0 Å². The van der Waals surface area contributed by atoms with Gasteiger partial charge in [0.2, 0.25) is 5.91 Å². The molecule has 27 heavy (non-hydrogen) atoms. The average molecular weight is 387 g/mol. The lowest BCUT2D eigenvalue weighted by Crippen LogP contribution is -2.49. The zero-order valence-corrected chi connectivity index (χ0v) is 16.4. The van der Waals surface area contributed by atoms with Crippen molar-refractivity contribution in [2.24, 2.45) is 5.92 Å². The molecule has 0 aliphatic rings. The maximum atomic E-state index is 13.2. The van der Waals surface area contributed by atoms with Crippen molar-refractivity contribution in [1.29, 1.82) is 5.26 Å². The number of amides is 1. The zero-order valence-electron chi connectivity index (χ0n) is 15.6. The second kappa shape index (κ2) is 8.82. The molecule has 0 fully saturated rings. The minimum absolute atomic E-state index is 0.0223. The Hall–Kier alpha value is -2.66. The molecule has 0 saturated carbocycles. The van der Waals surface area contributed by atoms with Gasteiger partial charge in [0.25, 0.3) is 0 Å². The lowest BCUT2D eigenvalue weighted by molar-refractivity contribution is -0.120. The first-order chi connectivity index (χ1) is 12.8. The van der Waals surface area contributed by atoms with Gasteiger partial charge in [-0.1, -0.05) is 31.7 Å². The van der Waals surface area contributed by atoms with E-state index in [1.165, 1.54) is 23.9 Å². The van der Waals surface area contributed by atoms with Crippen LogP contribution in [0.2, 0.25) is 0 Å². The number of carbonyl (C=O) groups is 1. The number of halogens is 1. The van der Waals surface area contributed by atoms with Gasteiger partial charge in [0.05, 0.1) is 11.8 Å². The Kier molecular flexibility index (Phi) is 6.75. The number of rotatable bonds is 8. The van der Waals surface area contributed by atoms with Crippen LogP contribution < -0.4 is 5.32 Å². The average Bonchev–Trinajstić information content (AvgIpc) is 3.03. The molecule has 0 saturated heterocycles. The van der Waals surface area contributed by atoms with Gasteiger partial charge in [-0.15, -0.1) is 16.8 Å². The molecular weight excluding hydrogens is 365 g/mol. The van der Waals surface area contributed by atoms with E-state index < -0.39 is 5.54 Å². The van der Waals surface area contributed by atoms with Gasteiger partial charge in [-0.25, -0.2) is 4.39 Å². The van der Waals surface area contributed by atoms with E-state index in [1.807, 2.05) is 18.4 Å². The summed E-state index contributed by atoms with van der Waals surface area (Å²) >= 11 is 1.22. The number of hydrogen-bond acceptors (Lipinski definition) is 5. The molecule has 0 bridgehead atoms. The molecule has 142 valence electrons. The highest BCUT2D eigenvalue weighted by molar-refractivity contribution is 7.99. The highest BCUT2D eigenvalue weighted by atomic mass is 32.2. The number of nitrogens with one attached hydrogen (secondary N) is 1. The van der Waals surface area contributed by atoms with E-state index in [0.29, 0.717) is 17.5 Å². The standard InChI is InChI=1S/C19H22FN5OS/c1-5-10-25-17(14-6-8-15(20)9-7-14)23-24-18(25)27-11-16(26)22-19(4,12-21)13(2)3/h5-9,13H,1,10-11H2,2-4H3,(H,22,26)/t19-/m1/s1. The fourth-order valence-corrected chi connectivity index (χ4v) is 3.01. The van der Waals surface area contributed by atoms with Crippen LogP contribution in [0.15, 0.2) is 42.1 Å². The summed E-state index contributed by atoms with van der Waals surface area (Å²) in [7, 11) is 0.